The lowest BCUT2D eigenvalue weighted by Gasteiger charge is -2.13. The molecule has 0 saturated carbocycles. The van der Waals surface area contributed by atoms with E-state index in [4.69, 9.17) is 9.47 Å². The highest BCUT2D eigenvalue weighted by Gasteiger charge is 2.17. The molecule has 0 spiro atoms. The van der Waals surface area contributed by atoms with Crippen molar-refractivity contribution in [2.75, 3.05) is 30.6 Å². The number of hydrogen-bond donors (Lipinski definition) is 3. The van der Waals surface area contributed by atoms with E-state index < -0.39 is 11.8 Å². The first-order valence-electron chi connectivity index (χ1n) is 12.7. The van der Waals surface area contributed by atoms with Crippen LogP contribution in [-0.2, 0) is 9.59 Å². The van der Waals surface area contributed by atoms with E-state index in [1.54, 1.807) is 72.8 Å². The van der Waals surface area contributed by atoms with Gasteiger partial charge in [0.25, 0.3) is 11.8 Å². The van der Waals surface area contributed by atoms with Crippen LogP contribution in [0.3, 0.4) is 0 Å². The SMILES string of the molecule is COc1ccc(/C=C(\NC(=O)c2ccccc2)C(=O)Nc2ccc(SCC(=O)Nc3ccc(F)cc3)cc2)c(OC)c1. The molecule has 0 aliphatic carbocycles. The highest BCUT2D eigenvalue weighted by molar-refractivity contribution is 8.00. The molecule has 0 heterocycles. The van der Waals surface area contributed by atoms with Crippen LogP contribution in [0.2, 0.25) is 0 Å². The van der Waals surface area contributed by atoms with E-state index in [2.05, 4.69) is 16.0 Å². The molecule has 0 saturated heterocycles. The largest absolute Gasteiger partial charge is 0.497 e. The summed E-state index contributed by atoms with van der Waals surface area (Å²) in [4.78, 5) is 39.3. The number of carbonyl (C=O) groups excluding carboxylic acids is 3. The van der Waals surface area contributed by atoms with Gasteiger partial charge in [0.15, 0.2) is 0 Å². The van der Waals surface area contributed by atoms with Gasteiger partial charge in [0.2, 0.25) is 5.91 Å². The lowest BCUT2D eigenvalue weighted by Crippen LogP contribution is -2.30. The molecule has 10 heteroatoms. The van der Waals surface area contributed by atoms with E-state index in [0.29, 0.717) is 34.0 Å². The molecule has 4 aromatic rings. The fourth-order valence-electron chi connectivity index (χ4n) is 3.75. The van der Waals surface area contributed by atoms with Gasteiger partial charge in [-0.15, -0.1) is 11.8 Å². The first kappa shape index (κ1) is 29.9. The van der Waals surface area contributed by atoms with Gasteiger partial charge in [-0.3, -0.25) is 14.4 Å². The number of halogens is 1. The Balaban J connectivity index is 1.45. The standard InChI is InChI=1S/C32H28FN3O5S/c1-40-26-15-8-22(29(19-26)41-2)18-28(36-31(38)21-6-4-3-5-7-21)32(39)35-25-13-16-27(17-14-25)42-20-30(37)34-24-11-9-23(33)10-12-24/h3-19H,20H2,1-2H3,(H,34,37)(H,35,39)(H,36,38)/b28-18-. The van der Waals surface area contributed by atoms with E-state index in [9.17, 15) is 18.8 Å². The number of methoxy groups -OCH3 is 2. The Morgan fingerprint density at radius 1 is 0.810 bits per heavy atom. The van der Waals surface area contributed by atoms with Gasteiger partial charge >= 0.3 is 0 Å². The van der Waals surface area contributed by atoms with E-state index in [-0.39, 0.29) is 23.2 Å². The van der Waals surface area contributed by atoms with Crippen LogP contribution in [0.25, 0.3) is 6.08 Å². The second kappa shape index (κ2) is 14.5. The molecule has 0 aliphatic heterocycles. The minimum absolute atomic E-state index is 0.00300. The molecule has 42 heavy (non-hydrogen) atoms. The van der Waals surface area contributed by atoms with Crippen LogP contribution < -0.4 is 25.4 Å². The topological polar surface area (TPSA) is 106 Å². The Labute approximate surface area is 246 Å². The normalized spacial score (nSPS) is 10.9. The van der Waals surface area contributed by atoms with Crippen LogP contribution in [0.1, 0.15) is 15.9 Å². The third-order valence-electron chi connectivity index (χ3n) is 5.88. The van der Waals surface area contributed by atoms with Crippen LogP contribution in [0.4, 0.5) is 15.8 Å². The van der Waals surface area contributed by atoms with E-state index in [1.807, 2.05) is 0 Å². The number of carbonyl (C=O) groups is 3. The molecule has 0 atom stereocenters. The number of hydrogen-bond acceptors (Lipinski definition) is 6. The maximum Gasteiger partial charge on any atom is 0.272 e. The van der Waals surface area contributed by atoms with Crippen molar-refractivity contribution in [3.8, 4) is 11.5 Å². The molecular formula is C32H28FN3O5S. The average molecular weight is 586 g/mol. The van der Waals surface area contributed by atoms with E-state index in [1.165, 1.54) is 56.3 Å². The second-order valence-electron chi connectivity index (χ2n) is 8.81. The summed E-state index contributed by atoms with van der Waals surface area (Å²) in [6, 6.07) is 26.1. The number of anilines is 2. The quantitative estimate of drug-likeness (QED) is 0.148. The predicted octanol–water partition coefficient (Wildman–Crippen LogP) is 5.98. The third-order valence-corrected chi connectivity index (χ3v) is 6.89. The smallest absolute Gasteiger partial charge is 0.272 e. The maximum absolute atomic E-state index is 13.4. The zero-order valence-electron chi connectivity index (χ0n) is 22.8. The Bertz CT molecular complexity index is 1580. The summed E-state index contributed by atoms with van der Waals surface area (Å²) < 4.78 is 23.8. The van der Waals surface area contributed by atoms with E-state index in [0.717, 1.165) is 4.90 Å². The van der Waals surface area contributed by atoms with Crippen molar-refractivity contribution in [2.45, 2.75) is 4.90 Å². The van der Waals surface area contributed by atoms with Crippen molar-refractivity contribution in [1.29, 1.82) is 0 Å². The molecule has 3 N–H and O–H groups in total. The highest BCUT2D eigenvalue weighted by Crippen LogP contribution is 2.27. The molecule has 8 nitrogen and oxygen atoms in total. The van der Waals surface area contributed by atoms with Gasteiger partial charge in [-0.05, 0) is 78.9 Å². The van der Waals surface area contributed by atoms with Crippen LogP contribution in [0, 0.1) is 5.82 Å². The third kappa shape index (κ3) is 8.45. The maximum atomic E-state index is 13.4. The number of benzene rings is 4. The van der Waals surface area contributed by atoms with Crippen LogP contribution in [0.5, 0.6) is 11.5 Å². The van der Waals surface area contributed by atoms with Crippen molar-refractivity contribution in [3.63, 3.8) is 0 Å². The van der Waals surface area contributed by atoms with Crippen molar-refractivity contribution < 1.29 is 28.2 Å². The van der Waals surface area contributed by atoms with Gasteiger partial charge in [-0.2, -0.15) is 0 Å². The monoisotopic (exact) mass is 585 g/mol. The Hall–Kier alpha value is -5.09. The summed E-state index contributed by atoms with van der Waals surface area (Å²) in [5.41, 5.74) is 1.95. The number of ether oxygens (including phenoxy) is 2. The molecule has 0 radical (unpaired) electrons. The highest BCUT2D eigenvalue weighted by atomic mass is 32.2. The fraction of sp³-hybridized carbons (Fsp3) is 0.0938. The molecule has 0 aliphatic rings. The van der Waals surface area contributed by atoms with Crippen LogP contribution >= 0.6 is 11.8 Å². The zero-order valence-corrected chi connectivity index (χ0v) is 23.7. The van der Waals surface area contributed by atoms with Gasteiger partial charge in [0.05, 0.1) is 20.0 Å². The molecule has 4 aromatic carbocycles. The minimum Gasteiger partial charge on any atom is -0.497 e. The number of nitrogens with one attached hydrogen (secondary N) is 3. The summed E-state index contributed by atoms with van der Waals surface area (Å²) in [5.74, 6) is -0.428. The lowest BCUT2D eigenvalue weighted by atomic mass is 10.1. The summed E-state index contributed by atoms with van der Waals surface area (Å²) >= 11 is 1.31. The van der Waals surface area contributed by atoms with Gasteiger partial charge < -0.3 is 25.4 Å². The average Bonchev–Trinajstić information content (AvgIpc) is 3.02. The second-order valence-corrected chi connectivity index (χ2v) is 9.86. The Morgan fingerprint density at radius 2 is 1.48 bits per heavy atom. The molecule has 0 unspecified atom stereocenters. The van der Waals surface area contributed by atoms with Gasteiger partial charge in [0.1, 0.15) is 23.0 Å². The molecular weight excluding hydrogens is 557 g/mol. The van der Waals surface area contributed by atoms with Crippen molar-refractivity contribution >= 4 is 46.9 Å². The molecule has 4 rings (SSSR count). The number of amides is 3. The zero-order chi connectivity index (χ0) is 29.9. The molecule has 3 amide bonds. The molecule has 214 valence electrons. The summed E-state index contributed by atoms with van der Waals surface area (Å²) in [6.07, 6.45) is 1.53. The Morgan fingerprint density at radius 3 is 2.14 bits per heavy atom. The first-order chi connectivity index (χ1) is 20.3. The van der Waals surface area contributed by atoms with Crippen molar-refractivity contribution in [3.05, 3.63) is 120 Å². The van der Waals surface area contributed by atoms with Crippen molar-refractivity contribution in [1.82, 2.24) is 5.32 Å². The fourth-order valence-corrected chi connectivity index (χ4v) is 4.45. The van der Waals surface area contributed by atoms with Crippen LogP contribution in [0.15, 0.2) is 108 Å². The summed E-state index contributed by atoms with van der Waals surface area (Å²) in [5, 5.41) is 8.22. The molecule has 0 aromatic heterocycles. The van der Waals surface area contributed by atoms with Crippen molar-refractivity contribution in [2.24, 2.45) is 0 Å². The van der Waals surface area contributed by atoms with Gasteiger partial charge in [0, 0.05) is 33.5 Å². The predicted molar refractivity (Wildman–Crippen MR) is 162 cm³/mol. The van der Waals surface area contributed by atoms with E-state index >= 15 is 0 Å². The minimum atomic E-state index is -0.545. The molecule has 0 fully saturated rings. The Kier molecular flexibility index (Phi) is 10.3. The molecule has 0 bridgehead atoms. The van der Waals surface area contributed by atoms with Crippen LogP contribution in [-0.4, -0.2) is 37.7 Å². The summed E-state index contributed by atoms with van der Waals surface area (Å²) in [6.45, 7) is 0. The lowest BCUT2D eigenvalue weighted by molar-refractivity contribution is -0.114. The summed E-state index contributed by atoms with van der Waals surface area (Å²) in [7, 11) is 3.04. The number of rotatable bonds is 11. The number of thioether (sulfide) groups is 1. The van der Waals surface area contributed by atoms with Gasteiger partial charge in [-0.25, -0.2) is 4.39 Å². The first-order valence-corrected chi connectivity index (χ1v) is 13.7. The van der Waals surface area contributed by atoms with Gasteiger partial charge in [-0.1, -0.05) is 18.2 Å².